The molecule has 1 saturated carbocycles. The zero-order chi connectivity index (χ0) is 11.9. The van der Waals surface area contributed by atoms with Gasteiger partial charge in [-0.05, 0) is 12.8 Å². The van der Waals surface area contributed by atoms with Crippen molar-refractivity contribution in [3.63, 3.8) is 0 Å². The van der Waals surface area contributed by atoms with E-state index in [-0.39, 0.29) is 17.5 Å². The number of carbonyl (C=O) groups excluding carboxylic acids is 1. The molecule has 3 fully saturated rings. The molecule has 5 nitrogen and oxygen atoms in total. The van der Waals surface area contributed by atoms with Gasteiger partial charge in [-0.25, -0.2) is 4.79 Å². The molecule has 1 atom stereocenters. The Morgan fingerprint density at radius 1 is 1.24 bits per heavy atom. The van der Waals surface area contributed by atoms with Gasteiger partial charge in [-0.1, -0.05) is 6.42 Å². The Kier molecular flexibility index (Phi) is 2.75. The smallest absolute Gasteiger partial charge is 0.320 e. The first-order valence-corrected chi connectivity index (χ1v) is 6.58. The number of ether oxygens (including phenoxy) is 1. The van der Waals surface area contributed by atoms with Gasteiger partial charge in [-0.15, -0.1) is 0 Å². The Labute approximate surface area is 102 Å². The molecule has 17 heavy (non-hydrogen) atoms. The summed E-state index contributed by atoms with van der Waals surface area (Å²) in [4.78, 5) is 16.2. The van der Waals surface area contributed by atoms with Crippen LogP contribution in [0.25, 0.3) is 0 Å². The van der Waals surface area contributed by atoms with Crippen molar-refractivity contribution in [3.05, 3.63) is 0 Å². The van der Waals surface area contributed by atoms with E-state index >= 15 is 0 Å². The van der Waals surface area contributed by atoms with Crippen LogP contribution in [0.5, 0.6) is 0 Å². The molecule has 0 aromatic rings. The predicted molar refractivity (Wildman–Crippen MR) is 63.6 cm³/mol. The first-order chi connectivity index (χ1) is 8.21. The summed E-state index contributed by atoms with van der Waals surface area (Å²) in [5, 5.41) is 0. The normalized spacial score (nSPS) is 31.7. The number of nitrogens with zero attached hydrogens (tertiary/aromatic N) is 2. The van der Waals surface area contributed by atoms with Crippen molar-refractivity contribution >= 4 is 6.03 Å². The largest absolute Gasteiger partial charge is 0.378 e. The molecule has 0 aromatic heterocycles. The standard InChI is InChI=1S/C12H21N3O2/c13-10-8-15(9-12(10)2-1-3-12)11(16)14-4-6-17-7-5-14/h10H,1-9,13H2. The minimum atomic E-state index is 0.160. The Balaban J connectivity index is 1.63. The number of rotatable bonds is 0. The summed E-state index contributed by atoms with van der Waals surface area (Å²) in [6.45, 7) is 4.36. The highest BCUT2D eigenvalue weighted by atomic mass is 16.5. The number of likely N-dealkylation sites (tertiary alicyclic amines) is 1. The molecule has 3 rings (SSSR count). The van der Waals surface area contributed by atoms with Crippen molar-refractivity contribution < 1.29 is 9.53 Å². The summed E-state index contributed by atoms with van der Waals surface area (Å²) in [6, 6.07) is 0.341. The monoisotopic (exact) mass is 239 g/mol. The van der Waals surface area contributed by atoms with E-state index in [0.717, 1.165) is 26.2 Å². The third-order valence-corrected chi connectivity index (χ3v) is 4.61. The Bertz CT molecular complexity index is 311. The third-order valence-electron chi connectivity index (χ3n) is 4.61. The van der Waals surface area contributed by atoms with E-state index in [1.54, 1.807) is 0 Å². The molecule has 2 heterocycles. The fourth-order valence-electron chi connectivity index (χ4n) is 3.25. The van der Waals surface area contributed by atoms with E-state index in [1.165, 1.54) is 19.3 Å². The van der Waals surface area contributed by atoms with Crippen LogP contribution in [0.2, 0.25) is 0 Å². The maximum absolute atomic E-state index is 12.3. The molecule has 0 bridgehead atoms. The van der Waals surface area contributed by atoms with Crippen molar-refractivity contribution in [1.29, 1.82) is 0 Å². The van der Waals surface area contributed by atoms with Gasteiger partial charge in [0.15, 0.2) is 0 Å². The highest BCUT2D eigenvalue weighted by Crippen LogP contribution is 2.47. The fourth-order valence-corrected chi connectivity index (χ4v) is 3.25. The Morgan fingerprint density at radius 3 is 2.47 bits per heavy atom. The Morgan fingerprint density at radius 2 is 1.94 bits per heavy atom. The van der Waals surface area contributed by atoms with Crippen molar-refractivity contribution in [3.8, 4) is 0 Å². The van der Waals surface area contributed by atoms with Crippen LogP contribution in [0.15, 0.2) is 0 Å². The van der Waals surface area contributed by atoms with Gasteiger partial charge in [-0.2, -0.15) is 0 Å². The minimum Gasteiger partial charge on any atom is -0.378 e. The van der Waals surface area contributed by atoms with Gasteiger partial charge in [-0.3, -0.25) is 0 Å². The lowest BCUT2D eigenvalue weighted by atomic mass is 9.66. The number of amides is 2. The molecule has 2 aliphatic heterocycles. The predicted octanol–water partition coefficient (Wildman–Crippen LogP) is 0.252. The van der Waals surface area contributed by atoms with Gasteiger partial charge < -0.3 is 20.3 Å². The maximum atomic E-state index is 12.3. The Hall–Kier alpha value is -0.810. The number of morpholine rings is 1. The van der Waals surface area contributed by atoms with E-state index in [4.69, 9.17) is 10.5 Å². The summed E-state index contributed by atoms with van der Waals surface area (Å²) >= 11 is 0. The molecule has 5 heteroatoms. The van der Waals surface area contributed by atoms with Crippen molar-refractivity contribution in [1.82, 2.24) is 9.80 Å². The molecular formula is C12H21N3O2. The number of hydrogen-bond acceptors (Lipinski definition) is 3. The van der Waals surface area contributed by atoms with E-state index in [0.29, 0.717) is 13.2 Å². The van der Waals surface area contributed by atoms with Crippen molar-refractivity contribution in [2.24, 2.45) is 11.1 Å². The molecule has 2 N–H and O–H groups in total. The molecule has 0 aromatic carbocycles. The summed E-state index contributed by atoms with van der Waals surface area (Å²) < 4.78 is 5.27. The number of urea groups is 1. The molecule has 1 aliphatic carbocycles. The second kappa shape index (κ2) is 4.14. The average Bonchev–Trinajstić information content (AvgIpc) is 2.67. The fraction of sp³-hybridized carbons (Fsp3) is 0.917. The van der Waals surface area contributed by atoms with Crippen molar-refractivity contribution in [2.75, 3.05) is 39.4 Å². The number of hydrogen-bond donors (Lipinski definition) is 1. The summed E-state index contributed by atoms with van der Waals surface area (Å²) in [5.74, 6) is 0. The lowest BCUT2D eigenvalue weighted by molar-refractivity contribution is 0.0427. The van der Waals surface area contributed by atoms with Gasteiger partial charge in [0.25, 0.3) is 0 Å². The molecular weight excluding hydrogens is 218 g/mol. The molecule has 0 radical (unpaired) electrons. The van der Waals surface area contributed by atoms with Crippen LogP contribution in [-0.4, -0.2) is 61.3 Å². The zero-order valence-electron chi connectivity index (χ0n) is 10.2. The van der Waals surface area contributed by atoms with Crippen LogP contribution in [0, 0.1) is 5.41 Å². The highest BCUT2D eigenvalue weighted by Gasteiger charge is 2.50. The maximum Gasteiger partial charge on any atom is 0.320 e. The number of nitrogens with two attached hydrogens (primary N) is 1. The second-order valence-corrected chi connectivity index (χ2v) is 5.58. The molecule has 96 valence electrons. The van der Waals surface area contributed by atoms with Crippen LogP contribution >= 0.6 is 0 Å². The molecule has 1 unspecified atom stereocenters. The van der Waals surface area contributed by atoms with E-state index in [9.17, 15) is 4.79 Å². The first-order valence-electron chi connectivity index (χ1n) is 6.58. The van der Waals surface area contributed by atoms with Crippen LogP contribution in [0.3, 0.4) is 0 Å². The van der Waals surface area contributed by atoms with Gasteiger partial charge >= 0.3 is 6.03 Å². The second-order valence-electron chi connectivity index (χ2n) is 5.58. The van der Waals surface area contributed by atoms with E-state index in [2.05, 4.69) is 0 Å². The molecule has 1 spiro atoms. The lowest BCUT2D eigenvalue weighted by Gasteiger charge is -2.41. The number of carbonyl (C=O) groups is 1. The molecule has 3 aliphatic rings. The van der Waals surface area contributed by atoms with Crippen LogP contribution in [0.1, 0.15) is 19.3 Å². The van der Waals surface area contributed by atoms with E-state index < -0.39 is 0 Å². The SMILES string of the molecule is NC1CN(C(=O)N2CCOCC2)CC12CCC2. The summed E-state index contributed by atoms with van der Waals surface area (Å²) in [6.07, 6.45) is 3.66. The summed E-state index contributed by atoms with van der Waals surface area (Å²) in [5.41, 5.74) is 6.45. The van der Waals surface area contributed by atoms with E-state index in [1.807, 2.05) is 9.80 Å². The van der Waals surface area contributed by atoms with Crippen LogP contribution in [-0.2, 0) is 4.74 Å². The van der Waals surface area contributed by atoms with Gasteiger partial charge in [0.2, 0.25) is 0 Å². The van der Waals surface area contributed by atoms with Crippen LogP contribution < -0.4 is 5.73 Å². The molecule has 2 amide bonds. The topological polar surface area (TPSA) is 58.8 Å². The molecule has 2 saturated heterocycles. The third kappa shape index (κ3) is 1.81. The van der Waals surface area contributed by atoms with Crippen molar-refractivity contribution in [2.45, 2.75) is 25.3 Å². The zero-order valence-corrected chi connectivity index (χ0v) is 10.2. The van der Waals surface area contributed by atoms with Gasteiger partial charge in [0.05, 0.1) is 13.2 Å². The first kappa shape index (κ1) is 11.3. The quantitative estimate of drug-likeness (QED) is 0.659. The highest BCUT2D eigenvalue weighted by molar-refractivity contribution is 5.75. The average molecular weight is 239 g/mol. The van der Waals surface area contributed by atoms with Gasteiger partial charge in [0.1, 0.15) is 0 Å². The lowest BCUT2D eigenvalue weighted by Crippen LogP contribution is -2.48. The summed E-state index contributed by atoms with van der Waals surface area (Å²) in [7, 11) is 0. The minimum absolute atomic E-state index is 0.160. The van der Waals surface area contributed by atoms with Crippen LogP contribution in [0.4, 0.5) is 4.79 Å². The van der Waals surface area contributed by atoms with Gasteiger partial charge in [0, 0.05) is 37.6 Å².